The molecule has 0 aromatic rings. The first-order valence-corrected chi connectivity index (χ1v) is 6.94. The maximum absolute atomic E-state index is 11.0. The molecule has 0 radical (unpaired) electrons. The lowest BCUT2D eigenvalue weighted by atomic mass is 10.2. The lowest BCUT2D eigenvalue weighted by Crippen LogP contribution is -2.28. The molecule has 4 heteroatoms. The molecule has 0 bridgehead atoms. The van der Waals surface area contributed by atoms with Crippen molar-refractivity contribution in [1.29, 1.82) is 0 Å². The molecule has 0 saturated heterocycles. The highest BCUT2D eigenvalue weighted by molar-refractivity contribution is 7.84. The van der Waals surface area contributed by atoms with Crippen LogP contribution in [0.1, 0.15) is 32.6 Å². The Morgan fingerprint density at radius 1 is 1.29 bits per heavy atom. The Kier molecular flexibility index (Phi) is 9.67. The third-order valence-electron chi connectivity index (χ3n) is 2.26. The molecule has 2 N–H and O–H groups in total. The van der Waals surface area contributed by atoms with Gasteiger partial charge in [-0.2, -0.15) is 0 Å². The maximum Gasteiger partial charge on any atom is 0.0441 e. The third kappa shape index (κ3) is 8.66. The van der Waals surface area contributed by atoms with E-state index in [1.165, 1.54) is 0 Å². The van der Waals surface area contributed by atoms with E-state index in [1.807, 2.05) is 6.92 Å². The van der Waals surface area contributed by atoms with Crippen molar-refractivity contribution < 1.29 is 9.32 Å². The molecule has 0 saturated carbocycles. The van der Waals surface area contributed by atoms with Gasteiger partial charge in [-0.15, -0.1) is 0 Å². The van der Waals surface area contributed by atoms with Crippen LogP contribution in [0.3, 0.4) is 0 Å². The third-order valence-corrected chi connectivity index (χ3v) is 3.56. The van der Waals surface area contributed by atoms with Gasteiger partial charge < -0.3 is 10.4 Å². The molecule has 0 amide bonds. The van der Waals surface area contributed by atoms with Crippen LogP contribution >= 0.6 is 0 Å². The number of aliphatic hydroxyl groups excluding tert-OH is 1. The zero-order valence-corrected chi connectivity index (χ0v) is 10.1. The molecular formula is C10H23NO2S. The molecular weight excluding hydrogens is 198 g/mol. The van der Waals surface area contributed by atoms with Crippen LogP contribution in [0, 0.1) is 0 Å². The summed E-state index contributed by atoms with van der Waals surface area (Å²) in [7, 11) is -0.716. The van der Waals surface area contributed by atoms with Crippen LogP contribution in [-0.4, -0.2) is 40.5 Å². The molecule has 0 aliphatic rings. The normalized spacial score (nSPS) is 15.4. The van der Waals surface area contributed by atoms with Crippen LogP contribution in [0.4, 0.5) is 0 Å². The Morgan fingerprint density at radius 2 is 1.93 bits per heavy atom. The van der Waals surface area contributed by atoms with Gasteiger partial charge in [0.15, 0.2) is 0 Å². The first kappa shape index (κ1) is 14.1. The fraction of sp³-hybridized carbons (Fsp3) is 1.00. The largest absolute Gasteiger partial charge is 0.396 e. The molecule has 0 aliphatic carbocycles. The van der Waals surface area contributed by atoms with Crippen molar-refractivity contribution in [1.82, 2.24) is 5.32 Å². The van der Waals surface area contributed by atoms with E-state index in [2.05, 4.69) is 5.32 Å². The van der Waals surface area contributed by atoms with E-state index in [1.54, 1.807) is 6.26 Å². The van der Waals surface area contributed by atoms with Gasteiger partial charge in [-0.05, 0) is 26.3 Å². The van der Waals surface area contributed by atoms with E-state index in [4.69, 9.17) is 5.11 Å². The van der Waals surface area contributed by atoms with Gasteiger partial charge in [0.1, 0.15) is 0 Å². The van der Waals surface area contributed by atoms with E-state index in [0.29, 0.717) is 6.61 Å². The molecule has 86 valence electrons. The molecule has 0 heterocycles. The number of unbranched alkanes of at least 4 members (excludes halogenated alkanes) is 3. The average Bonchev–Trinajstić information content (AvgIpc) is 2.16. The molecule has 0 fully saturated rings. The summed E-state index contributed by atoms with van der Waals surface area (Å²) in [6.45, 7) is 4.13. The van der Waals surface area contributed by atoms with E-state index >= 15 is 0 Å². The first-order valence-electron chi connectivity index (χ1n) is 5.32. The number of rotatable bonds is 9. The Morgan fingerprint density at radius 3 is 2.50 bits per heavy atom. The van der Waals surface area contributed by atoms with Gasteiger partial charge in [-0.1, -0.05) is 12.8 Å². The Hall–Kier alpha value is 0.0700. The lowest BCUT2D eigenvalue weighted by Gasteiger charge is -2.09. The second kappa shape index (κ2) is 9.62. The Labute approximate surface area is 89.7 Å². The zero-order valence-electron chi connectivity index (χ0n) is 9.29. The van der Waals surface area contributed by atoms with Gasteiger partial charge in [0, 0.05) is 35.5 Å². The SMILES string of the molecule is CC(CNCCCCCCO)S(C)=O. The van der Waals surface area contributed by atoms with Gasteiger partial charge in [0.25, 0.3) is 0 Å². The summed E-state index contributed by atoms with van der Waals surface area (Å²) < 4.78 is 11.0. The quantitative estimate of drug-likeness (QED) is 0.569. The van der Waals surface area contributed by atoms with Gasteiger partial charge in [0.05, 0.1) is 0 Å². The second-order valence-electron chi connectivity index (χ2n) is 3.65. The molecule has 2 unspecified atom stereocenters. The molecule has 0 aliphatic heterocycles. The van der Waals surface area contributed by atoms with Crippen LogP contribution in [-0.2, 0) is 10.8 Å². The van der Waals surface area contributed by atoms with Crippen LogP contribution < -0.4 is 5.32 Å². The molecule has 0 rings (SSSR count). The molecule has 0 spiro atoms. The van der Waals surface area contributed by atoms with Crippen LogP contribution in [0.15, 0.2) is 0 Å². The predicted molar refractivity (Wildman–Crippen MR) is 62.0 cm³/mol. The van der Waals surface area contributed by atoms with Crippen molar-refractivity contribution >= 4 is 10.8 Å². The molecule has 0 aromatic heterocycles. The van der Waals surface area contributed by atoms with Gasteiger partial charge >= 0.3 is 0 Å². The van der Waals surface area contributed by atoms with Crippen molar-refractivity contribution in [3.63, 3.8) is 0 Å². The van der Waals surface area contributed by atoms with Crippen molar-refractivity contribution in [2.24, 2.45) is 0 Å². The Balaban J connectivity index is 3.09. The molecule has 0 aromatic carbocycles. The average molecular weight is 221 g/mol. The second-order valence-corrected chi connectivity index (χ2v) is 5.45. The summed E-state index contributed by atoms with van der Waals surface area (Å²) in [5, 5.41) is 12.1. The first-order chi connectivity index (χ1) is 6.68. The van der Waals surface area contributed by atoms with Crippen LogP contribution in [0.2, 0.25) is 0 Å². The van der Waals surface area contributed by atoms with Crippen molar-refractivity contribution in [2.45, 2.75) is 37.9 Å². The van der Waals surface area contributed by atoms with E-state index in [0.717, 1.165) is 38.8 Å². The molecule has 3 nitrogen and oxygen atoms in total. The van der Waals surface area contributed by atoms with Gasteiger partial charge in [-0.25, -0.2) is 0 Å². The minimum Gasteiger partial charge on any atom is -0.396 e. The van der Waals surface area contributed by atoms with Crippen molar-refractivity contribution in [3.05, 3.63) is 0 Å². The highest BCUT2D eigenvalue weighted by Crippen LogP contribution is 1.97. The number of hydrogen-bond acceptors (Lipinski definition) is 3. The zero-order chi connectivity index (χ0) is 10.8. The van der Waals surface area contributed by atoms with E-state index in [9.17, 15) is 4.21 Å². The van der Waals surface area contributed by atoms with Crippen molar-refractivity contribution in [2.75, 3.05) is 26.0 Å². The topological polar surface area (TPSA) is 49.3 Å². The minimum absolute atomic E-state index is 0.243. The highest BCUT2D eigenvalue weighted by atomic mass is 32.2. The summed E-state index contributed by atoms with van der Waals surface area (Å²) in [4.78, 5) is 0. The van der Waals surface area contributed by atoms with Crippen LogP contribution in [0.5, 0.6) is 0 Å². The summed E-state index contributed by atoms with van der Waals surface area (Å²) in [5.74, 6) is 0. The Bertz CT molecular complexity index is 153. The van der Waals surface area contributed by atoms with Crippen molar-refractivity contribution in [3.8, 4) is 0 Å². The van der Waals surface area contributed by atoms with E-state index in [-0.39, 0.29) is 5.25 Å². The highest BCUT2D eigenvalue weighted by Gasteiger charge is 2.03. The predicted octanol–water partition coefficient (Wildman–Crippen LogP) is 0.896. The smallest absolute Gasteiger partial charge is 0.0441 e. The monoisotopic (exact) mass is 221 g/mol. The van der Waals surface area contributed by atoms with Gasteiger partial charge in [-0.3, -0.25) is 4.21 Å². The summed E-state index contributed by atoms with van der Waals surface area (Å²) >= 11 is 0. The summed E-state index contributed by atoms with van der Waals surface area (Å²) in [6, 6.07) is 0. The fourth-order valence-corrected chi connectivity index (χ4v) is 1.49. The number of nitrogens with one attached hydrogen (secondary N) is 1. The van der Waals surface area contributed by atoms with Crippen LogP contribution in [0.25, 0.3) is 0 Å². The molecule has 14 heavy (non-hydrogen) atoms. The maximum atomic E-state index is 11.0. The molecule has 2 atom stereocenters. The summed E-state index contributed by atoms with van der Waals surface area (Å²) in [6.07, 6.45) is 6.07. The standard InChI is InChI=1S/C10H23NO2S/c1-10(14(2)13)9-11-7-5-3-4-6-8-12/h10-12H,3-9H2,1-2H3. The van der Waals surface area contributed by atoms with Gasteiger partial charge in [0.2, 0.25) is 0 Å². The fourth-order valence-electron chi connectivity index (χ4n) is 1.14. The number of aliphatic hydroxyl groups is 1. The minimum atomic E-state index is -0.716. The van der Waals surface area contributed by atoms with E-state index < -0.39 is 10.8 Å². The lowest BCUT2D eigenvalue weighted by molar-refractivity contribution is 0.282. The number of hydrogen-bond donors (Lipinski definition) is 2. The summed E-state index contributed by atoms with van der Waals surface area (Å²) in [5.41, 5.74) is 0.